The third kappa shape index (κ3) is 2.08. The Bertz CT molecular complexity index is 1100. The summed E-state index contributed by atoms with van der Waals surface area (Å²) in [5.74, 6) is 0.568. The average molecular weight is 324 g/mol. The topological polar surface area (TPSA) is 69.9 Å². The predicted octanol–water partition coefficient (Wildman–Crippen LogP) is 2.71. The van der Waals surface area contributed by atoms with Gasteiger partial charge in [0.1, 0.15) is 26.5 Å². The molecule has 4 aromatic rings. The van der Waals surface area contributed by atoms with Crippen LogP contribution in [0.15, 0.2) is 41.2 Å². The first-order valence-corrected chi connectivity index (χ1v) is 7.80. The van der Waals surface area contributed by atoms with Crippen molar-refractivity contribution in [3.05, 3.63) is 52.4 Å². The number of fused-ring (bicyclic) bond motifs is 3. The van der Waals surface area contributed by atoms with Crippen LogP contribution in [-0.4, -0.2) is 27.1 Å². The van der Waals surface area contributed by atoms with Crippen LogP contribution in [0.4, 0.5) is 0 Å². The highest BCUT2D eigenvalue weighted by Gasteiger charge is 2.16. The molecule has 3 heterocycles. The zero-order valence-corrected chi connectivity index (χ0v) is 13.3. The van der Waals surface area contributed by atoms with Crippen molar-refractivity contribution in [2.45, 2.75) is 6.92 Å². The molecule has 114 valence electrons. The number of benzene rings is 1. The summed E-state index contributed by atoms with van der Waals surface area (Å²) in [6.45, 7) is 1.92. The number of pyridine rings is 1. The number of nitrogens with zero attached hydrogens (tertiary/aromatic N) is 4. The number of hydrogen-bond donors (Lipinski definition) is 0. The minimum absolute atomic E-state index is 0.222. The normalized spacial score (nSPS) is 11.2. The van der Waals surface area contributed by atoms with E-state index in [0.29, 0.717) is 21.7 Å². The number of aryl methyl sites for hydroxylation is 1. The van der Waals surface area contributed by atoms with Crippen molar-refractivity contribution in [2.24, 2.45) is 0 Å². The Labute approximate surface area is 135 Å². The van der Waals surface area contributed by atoms with Crippen LogP contribution in [0.1, 0.15) is 5.69 Å². The maximum absolute atomic E-state index is 12.8. The highest BCUT2D eigenvalue weighted by Crippen LogP contribution is 2.29. The number of thiophene rings is 1. The Kier molecular flexibility index (Phi) is 3.09. The summed E-state index contributed by atoms with van der Waals surface area (Å²) in [4.78, 5) is 18.1. The number of rotatable bonds is 2. The molecule has 7 heteroatoms. The van der Waals surface area contributed by atoms with Gasteiger partial charge in [-0.3, -0.25) is 4.79 Å². The standard InChI is InChI=1S/C16H12N4O2S/c1-9-7-8-10-13-14(23-15(10)17-9)16(21)20(19-18-13)11-5-3-4-6-12(11)22-2/h3-8H,1-2H3. The molecule has 6 nitrogen and oxygen atoms in total. The fourth-order valence-corrected chi connectivity index (χ4v) is 3.57. The van der Waals surface area contributed by atoms with Crippen molar-refractivity contribution >= 4 is 31.8 Å². The number of para-hydroxylation sites is 2. The number of hydrogen-bond acceptors (Lipinski definition) is 6. The van der Waals surface area contributed by atoms with Gasteiger partial charge in [0, 0.05) is 11.1 Å². The molecule has 3 aromatic heterocycles. The molecule has 0 aliphatic rings. The second-order valence-corrected chi connectivity index (χ2v) is 6.06. The number of aromatic nitrogens is 4. The summed E-state index contributed by atoms with van der Waals surface area (Å²) in [6, 6.07) is 11.1. The van der Waals surface area contributed by atoms with Crippen LogP contribution in [0, 0.1) is 6.92 Å². The summed E-state index contributed by atoms with van der Waals surface area (Å²) >= 11 is 1.34. The molecule has 0 atom stereocenters. The third-order valence-electron chi connectivity index (χ3n) is 3.60. The van der Waals surface area contributed by atoms with Gasteiger partial charge in [-0.05, 0) is 31.2 Å². The lowest BCUT2D eigenvalue weighted by Gasteiger charge is -2.08. The minimum Gasteiger partial charge on any atom is -0.494 e. The molecule has 0 unspecified atom stereocenters. The van der Waals surface area contributed by atoms with Crippen molar-refractivity contribution in [2.75, 3.05) is 7.11 Å². The van der Waals surface area contributed by atoms with Crippen molar-refractivity contribution in [1.29, 1.82) is 0 Å². The van der Waals surface area contributed by atoms with Gasteiger partial charge >= 0.3 is 0 Å². The molecule has 0 saturated heterocycles. The zero-order valence-electron chi connectivity index (χ0n) is 12.5. The molecule has 23 heavy (non-hydrogen) atoms. The lowest BCUT2D eigenvalue weighted by atomic mass is 10.2. The van der Waals surface area contributed by atoms with Crippen LogP contribution in [0.5, 0.6) is 5.75 Å². The molecule has 0 bridgehead atoms. The molecular weight excluding hydrogens is 312 g/mol. The molecule has 0 aliphatic carbocycles. The van der Waals surface area contributed by atoms with E-state index in [1.807, 2.05) is 31.2 Å². The summed E-state index contributed by atoms with van der Waals surface area (Å²) < 4.78 is 7.11. The smallest absolute Gasteiger partial charge is 0.292 e. The first-order chi connectivity index (χ1) is 11.2. The predicted molar refractivity (Wildman–Crippen MR) is 89.6 cm³/mol. The molecule has 4 rings (SSSR count). The number of ether oxygens (including phenoxy) is 1. The van der Waals surface area contributed by atoms with Gasteiger partial charge in [0.2, 0.25) is 0 Å². The van der Waals surface area contributed by atoms with Crippen molar-refractivity contribution in [3.63, 3.8) is 0 Å². The van der Waals surface area contributed by atoms with Crippen molar-refractivity contribution < 1.29 is 4.74 Å². The van der Waals surface area contributed by atoms with Crippen LogP contribution in [0.3, 0.4) is 0 Å². The zero-order chi connectivity index (χ0) is 16.0. The molecule has 0 N–H and O–H groups in total. The second-order valence-electron chi connectivity index (χ2n) is 5.06. The molecule has 0 saturated carbocycles. The summed E-state index contributed by atoms with van der Waals surface area (Å²) in [7, 11) is 1.56. The van der Waals surface area contributed by atoms with Crippen LogP contribution in [0.2, 0.25) is 0 Å². The molecular formula is C16H12N4O2S. The molecule has 1 aromatic carbocycles. The summed E-state index contributed by atoms with van der Waals surface area (Å²) in [6.07, 6.45) is 0. The monoisotopic (exact) mass is 324 g/mol. The Morgan fingerprint density at radius 1 is 1.17 bits per heavy atom. The molecule has 0 fully saturated rings. The number of methoxy groups -OCH3 is 1. The van der Waals surface area contributed by atoms with E-state index in [1.54, 1.807) is 19.2 Å². The molecule has 0 radical (unpaired) electrons. The van der Waals surface area contributed by atoms with Crippen LogP contribution in [0.25, 0.3) is 26.1 Å². The van der Waals surface area contributed by atoms with Crippen LogP contribution < -0.4 is 10.3 Å². The Balaban J connectivity index is 2.05. The third-order valence-corrected chi connectivity index (χ3v) is 4.68. The van der Waals surface area contributed by atoms with E-state index in [-0.39, 0.29) is 5.56 Å². The van der Waals surface area contributed by atoms with Gasteiger partial charge in [-0.15, -0.1) is 16.4 Å². The molecule has 0 amide bonds. The quantitative estimate of drug-likeness (QED) is 0.567. The molecule has 0 spiro atoms. The van der Waals surface area contributed by atoms with Crippen molar-refractivity contribution in [1.82, 2.24) is 20.0 Å². The first-order valence-electron chi connectivity index (χ1n) is 6.98. The van der Waals surface area contributed by atoms with E-state index in [1.165, 1.54) is 16.0 Å². The maximum Gasteiger partial charge on any atom is 0.292 e. The Morgan fingerprint density at radius 3 is 2.83 bits per heavy atom. The van der Waals surface area contributed by atoms with E-state index in [2.05, 4.69) is 15.3 Å². The second kappa shape index (κ2) is 5.13. The van der Waals surface area contributed by atoms with Gasteiger partial charge in [-0.1, -0.05) is 17.3 Å². The van der Waals surface area contributed by atoms with Gasteiger partial charge in [0.25, 0.3) is 5.56 Å². The van der Waals surface area contributed by atoms with Gasteiger partial charge < -0.3 is 4.74 Å². The van der Waals surface area contributed by atoms with Gasteiger partial charge in [-0.25, -0.2) is 4.98 Å². The van der Waals surface area contributed by atoms with E-state index in [4.69, 9.17) is 4.74 Å². The minimum atomic E-state index is -0.222. The fraction of sp³-hybridized carbons (Fsp3) is 0.125. The van der Waals surface area contributed by atoms with E-state index >= 15 is 0 Å². The Hall–Kier alpha value is -2.80. The van der Waals surface area contributed by atoms with Crippen LogP contribution >= 0.6 is 11.3 Å². The lowest BCUT2D eigenvalue weighted by Crippen LogP contribution is -2.22. The maximum atomic E-state index is 12.8. The van der Waals surface area contributed by atoms with Gasteiger partial charge in [0.15, 0.2) is 0 Å². The summed E-state index contributed by atoms with van der Waals surface area (Å²) in [5, 5.41) is 9.18. The van der Waals surface area contributed by atoms with Gasteiger partial charge in [-0.2, -0.15) is 4.68 Å². The highest BCUT2D eigenvalue weighted by molar-refractivity contribution is 7.25. The van der Waals surface area contributed by atoms with E-state index in [0.717, 1.165) is 15.9 Å². The van der Waals surface area contributed by atoms with E-state index in [9.17, 15) is 4.79 Å². The average Bonchev–Trinajstić information content (AvgIpc) is 2.94. The van der Waals surface area contributed by atoms with Crippen LogP contribution in [-0.2, 0) is 0 Å². The van der Waals surface area contributed by atoms with Gasteiger partial charge in [0.05, 0.1) is 7.11 Å². The SMILES string of the molecule is COc1ccccc1-n1nnc2c(sc3nc(C)ccc32)c1=O. The van der Waals surface area contributed by atoms with Crippen molar-refractivity contribution in [3.8, 4) is 11.4 Å². The summed E-state index contributed by atoms with van der Waals surface area (Å²) in [5.41, 5.74) is 1.84. The lowest BCUT2D eigenvalue weighted by molar-refractivity contribution is 0.410. The van der Waals surface area contributed by atoms with E-state index < -0.39 is 0 Å². The largest absolute Gasteiger partial charge is 0.494 e. The molecule has 0 aliphatic heterocycles. The Morgan fingerprint density at radius 2 is 2.00 bits per heavy atom. The first kappa shape index (κ1) is 13.8. The fourth-order valence-electron chi connectivity index (χ4n) is 2.49. The highest BCUT2D eigenvalue weighted by atomic mass is 32.1.